The average molecular weight is 313 g/mol. The fourth-order valence-corrected chi connectivity index (χ4v) is 3.14. The molecule has 0 saturated heterocycles. The number of nitriles is 1. The minimum atomic E-state index is 1.06. The van der Waals surface area contributed by atoms with E-state index in [0.29, 0.717) is 0 Å². The third kappa shape index (κ3) is 19.6. The lowest BCUT2D eigenvalue weighted by Crippen LogP contribution is -1.93. The van der Waals surface area contributed by atoms with Crippen LogP contribution in [0.5, 0.6) is 0 Å². The summed E-state index contributed by atoms with van der Waals surface area (Å²) in [4.78, 5) is 0. The lowest BCUT2D eigenvalue weighted by atomic mass is 10.0. The lowest BCUT2D eigenvalue weighted by Gasteiger charge is -2.03. The minimum Gasteiger partial charge on any atom is -0.267 e. The van der Waals surface area contributed by atoms with Crippen molar-refractivity contribution in [3.05, 3.63) is 0 Å². The normalized spacial score (nSPS) is 10.5. The molecule has 0 heterocycles. The largest absolute Gasteiger partial charge is 0.267 e. The Labute approximate surface area is 137 Å². The van der Waals surface area contributed by atoms with Gasteiger partial charge in [-0.2, -0.15) is 5.26 Å². The van der Waals surface area contributed by atoms with Crippen molar-refractivity contribution in [3.8, 4) is 6.19 Å². The van der Waals surface area contributed by atoms with E-state index >= 15 is 0 Å². The summed E-state index contributed by atoms with van der Waals surface area (Å²) in [6.07, 6.45) is 23.0. The van der Waals surface area contributed by atoms with E-state index in [2.05, 4.69) is 11.6 Å². The van der Waals surface area contributed by atoms with Gasteiger partial charge >= 0.3 is 0 Å². The Morgan fingerprint density at radius 3 is 1.43 bits per heavy atom. The molecule has 1 N–H and O–H groups in total. The zero-order valence-electron chi connectivity index (χ0n) is 14.2. The summed E-state index contributed by atoms with van der Waals surface area (Å²) in [7, 11) is 0. The Morgan fingerprint density at radius 1 is 0.667 bits per heavy atom. The predicted octanol–water partition coefficient (Wildman–Crippen LogP) is 6.58. The fraction of sp³-hybridized carbons (Fsp3) is 0.944. The zero-order valence-corrected chi connectivity index (χ0v) is 15.0. The molecule has 0 aliphatic carbocycles. The summed E-state index contributed by atoms with van der Waals surface area (Å²) in [5, 5.41) is 8.31. The van der Waals surface area contributed by atoms with E-state index in [-0.39, 0.29) is 0 Å². The first kappa shape index (κ1) is 20.6. The van der Waals surface area contributed by atoms with Gasteiger partial charge in [-0.3, -0.25) is 4.72 Å². The van der Waals surface area contributed by atoms with Crippen molar-refractivity contribution >= 4 is 11.9 Å². The van der Waals surface area contributed by atoms with E-state index in [9.17, 15) is 0 Å². The molecule has 0 amide bonds. The summed E-state index contributed by atoms with van der Waals surface area (Å²) < 4.78 is 2.62. The molecule has 0 rings (SSSR count). The monoisotopic (exact) mass is 312 g/mol. The van der Waals surface area contributed by atoms with Crippen LogP contribution in [0.3, 0.4) is 0 Å². The maximum atomic E-state index is 8.31. The molecule has 3 heteroatoms. The maximum absolute atomic E-state index is 8.31. The van der Waals surface area contributed by atoms with E-state index in [1.54, 1.807) is 0 Å². The SMILES string of the molecule is CCCCCCCCCCCCCCCCCSNC#N. The molecule has 0 aromatic heterocycles. The highest BCUT2D eigenvalue weighted by Crippen LogP contribution is 2.13. The predicted molar refractivity (Wildman–Crippen MR) is 96.1 cm³/mol. The molecule has 124 valence electrons. The Hall–Kier alpha value is -0.360. The molecule has 0 aliphatic heterocycles. The molecule has 0 bridgehead atoms. The van der Waals surface area contributed by atoms with Gasteiger partial charge in [-0.15, -0.1) is 0 Å². The highest BCUT2D eigenvalue weighted by atomic mass is 32.2. The molecular weight excluding hydrogens is 276 g/mol. The van der Waals surface area contributed by atoms with Crippen molar-refractivity contribution < 1.29 is 0 Å². The first-order chi connectivity index (χ1) is 10.4. The van der Waals surface area contributed by atoms with E-state index in [1.807, 2.05) is 6.19 Å². The summed E-state index contributed by atoms with van der Waals surface area (Å²) in [5.41, 5.74) is 0. The average Bonchev–Trinajstić information content (AvgIpc) is 2.50. The second-order valence-electron chi connectivity index (χ2n) is 6.01. The van der Waals surface area contributed by atoms with Gasteiger partial charge in [0.15, 0.2) is 6.19 Å². The molecule has 0 aliphatic rings. The van der Waals surface area contributed by atoms with E-state index < -0.39 is 0 Å². The van der Waals surface area contributed by atoms with Gasteiger partial charge in [-0.05, 0) is 18.4 Å². The van der Waals surface area contributed by atoms with Crippen molar-refractivity contribution in [1.82, 2.24) is 4.72 Å². The highest BCUT2D eigenvalue weighted by Gasteiger charge is 1.94. The van der Waals surface area contributed by atoms with Crippen LogP contribution in [-0.2, 0) is 0 Å². The maximum Gasteiger partial charge on any atom is 0.187 e. The third-order valence-corrected chi connectivity index (χ3v) is 4.70. The van der Waals surface area contributed by atoms with Crippen LogP contribution in [0.15, 0.2) is 0 Å². The van der Waals surface area contributed by atoms with E-state index in [1.165, 1.54) is 108 Å². The number of unbranched alkanes of at least 4 members (excludes halogenated alkanes) is 14. The molecule has 0 radical (unpaired) electrons. The van der Waals surface area contributed by atoms with Gasteiger partial charge in [0.05, 0.1) is 0 Å². The summed E-state index contributed by atoms with van der Waals surface area (Å²) in [6, 6.07) is 0. The van der Waals surface area contributed by atoms with Crippen LogP contribution in [-0.4, -0.2) is 5.75 Å². The van der Waals surface area contributed by atoms with Gasteiger partial charge in [0.25, 0.3) is 0 Å². The van der Waals surface area contributed by atoms with Crippen LogP contribution in [0.2, 0.25) is 0 Å². The molecule has 0 saturated carbocycles. The number of nitrogens with one attached hydrogen (secondary N) is 1. The molecule has 0 aromatic rings. The van der Waals surface area contributed by atoms with Crippen LogP contribution in [0.4, 0.5) is 0 Å². The highest BCUT2D eigenvalue weighted by molar-refractivity contribution is 7.97. The lowest BCUT2D eigenvalue weighted by molar-refractivity contribution is 0.535. The molecular formula is C18H36N2S. The van der Waals surface area contributed by atoms with E-state index in [0.717, 1.165) is 5.75 Å². The second-order valence-corrected chi connectivity index (χ2v) is 6.91. The van der Waals surface area contributed by atoms with Gasteiger partial charge in [-0.1, -0.05) is 96.8 Å². The van der Waals surface area contributed by atoms with Gasteiger partial charge in [0.1, 0.15) is 0 Å². The summed E-state index contributed by atoms with van der Waals surface area (Å²) in [5.74, 6) is 1.06. The Morgan fingerprint density at radius 2 is 1.05 bits per heavy atom. The van der Waals surface area contributed by atoms with Crippen molar-refractivity contribution in [2.75, 3.05) is 5.75 Å². The minimum absolute atomic E-state index is 1.06. The molecule has 0 fully saturated rings. The van der Waals surface area contributed by atoms with Crippen molar-refractivity contribution in [1.29, 1.82) is 5.26 Å². The van der Waals surface area contributed by atoms with Gasteiger partial charge in [-0.25, -0.2) is 0 Å². The molecule has 21 heavy (non-hydrogen) atoms. The molecule has 0 aromatic carbocycles. The third-order valence-electron chi connectivity index (χ3n) is 3.97. The Kier molecular flexibility index (Phi) is 19.3. The molecule has 0 spiro atoms. The number of rotatable bonds is 17. The van der Waals surface area contributed by atoms with Crippen molar-refractivity contribution in [3.63, 3.8) is 0 Å². The first-order valence-corrected chi connectivity index (χ1v) is 10.2. The first-order valence-electron chi connectivity index (χ1n) is 9.17. The van der Waals surface area contributed by atoms with Crippen LogP contribution in [0, 0.1) is 11.5 Å². The van der Waals surface area contributed by atoms with Crippen molar-refractivity contribution in [2.24, 2.45) is 0 Å². The second kappa shape index (κ2) is 19.6. The fourth-order valence-electron chi connectivity index (χ4n) is 2.63. The van der Waals surface area contributed by atoms with Gasteiger partial charge < -0.3 is 0 Å². The molecule has 0 atom stereocenters. The zero-order chi connectivity index (χ0) is 15.4. The van der Waals surface area contributed by atoms with Crippen LogP contribution < -0.4 is 4.72 Å². The summed E-state index contributed by atoms with van der Waals surface area (Å²) >= 11 is 1.53. The van der Waals surface area contributed by atoms with Gasteiger partial charge in [0, 0.05) is 5.75 Å². The van der Waals surface area contributed by atoms with Gasteiger partial charge in [0.2, 0.25) is 0 Å². The van der Waals surface area contributed by atoms with Crippen LogP contribution in [0.1, 0.15) is 103 Å². The smallest absolute Gasteiger partial charge is 0.187 e. The number of hydrogen-bond acceptors (Lipinski definition) is 3. The number of hydrogen-bond donors (Lipinski definition) is 1. The summed E-state index contributed by atoms with van der Waals surface area (Å²) in [6.45, 7) is 2.28. The van der Waals surface area contributed by atoms with E-state index in [4.69, 9.17) is 5.26 Å². The molecule has 2 nitrogen and oxygen atoms in total. The number of nitrogens with zero attached hydrogens (tertiary/aromatic N) is 1. The van der Waals surface area contributed by atoms with Crippen LogP contribution >= 0.6 is 11.9 Å². The Balaban J connectivity index is 2.92. The quantitative estimate of drug-likeness (QED) is 0.143. The Bertz CT molecular complexity index is 226. The molecule has 0 unspecified atom stereocenters. The standard InChI is InChI=1S/C18H36N2S/c1-2-3-4-5-6-7-8-9-10-11-12-13-14-15-16-17-21-20-18-19/h20H,2-17H2,1H3. The van der Waals surface area contributed by atoms with Crippen molar-refractivity contribution in [2.45, 2.75) is 103 Å². The topological polar surface area (TPSA) is 35.8 Å². The van der Waals surface area contributed by atoms with Crippen LogP contribution in [0.25, 0.3) is 0 Å².